The standard InChI is InChI=1S/C14H23NO3S/c1-3-4-5-6-9-18-14-8-7-13(15)10-12(14)11-19(2,16)17/h7-8,10H,3-6,9,11,15H2,1-2H3. The first-order chi connectivity index (χ1) is 8.92. The molecule has 0 fully saturated rings. The zero-order chi connectivity index (χ0) is 14.3. The van der Waals surface area contributed by atoms with Crippen molar-refractivity contribution in [2.24, 2.45) is 0 Å². The third-order valence-electron chi connectivity index (χ3n) is 2.76. The number of anilines is 1. The third-order valence-corrected chi connectivity index (χ3v) is 3.59. The minimum atomic E-state index is -3.09. The summed E-state index contributed by atoms with van der Waals surface area (Å²) in [5.74, 6) is 0.582. The Balaban J connectivity index is 2.66. The highest BCUT2D eigenvalue weighted by molar-refractivity contribution is 7.89. The first-order valence-electron chi connectivity index (χ1n) is 6.61. The Kier molecular flexibility index (Phi) is 6.15. The van der Waals surface area contributed by atoms with Crippen molar-refractivity contribution < 1.29 is 13.2 Å². The van der Waals surface area contributed by atoms with Crippen LogP contribution in [0.3, 0.4) is 0 Å². The largest absolute Gasteiger partial charge is 0.493 e. The molecule has 0 heterocycles. The number of hydrogen-bond donors (Lipinski definition) is 1. The fourth-order valence-corrected chi connectivity index (χ4v) is 2.64. The van der Waals surface area contributed by atoms with Crippen LogP contribution in [0.5, 0.6) is 5.75 Å². The number of benzene rings is 1. The summed E-state index contributed by atoms with van der Waals surface area (Å²) in [6, 6.07) is 5.14. The molecule has 108 valence electrons. The van der Waals surface area contributed by atoms with Crippen LogP contribution in [-0.4, -0.2) is 21.3 Å². The Morgan fingerprint density at radius 1 is 1.21 bits per heavy atom. The lowest BCUT2D eigenvalue weighted by Crippen LogP contribution is -2.06. The van der Waals surface area contributed by atoms with Crippen molar-refractivity contribution in [3.8, 4) is 5.75 Å². The molecule has 1 rings (SSSR count). The van der Waals surface area contributed by atoms with Crippen LogP contribution in [0.15, 0.2) is 18.2 Å². The summed E-state index contributed by atoms with van der Waals surface area (Å²) in [6.45, 7) is 2.77. The lowest BCUT2D eigenvalue weighted by molar-refractivity contribution is 0.303. The molecule has 1 aromatic carbocycles. The van der Waals surface area contributed by atoms with Crippen LogP contribution in [0.2, 0.25) is 0 Å². The molecule has 0 saturated heterocycles. The van der Waals surface area contributed by atoms with Crippen LogP contribution in [0.1, 0.15) is 38.2 Å². The topological polar surface area (TPSA) is 69.4 Å². The van der Waals surface area contributed by atoms with Crippen molar-refractivity contribution in [3.05, 3.63) is 23.8 Å². The molecule has 2 N–H and O–H groups in total. The highest BCUT2D eigenvalue weighted by Gasteiger charge is 2.11. The van der Waals surface area contributed by atoms with Crippen molar-refractivity contribution in [2.75, 3.05) is 18.6 Å². The molecule has 0 unspecified atom stereocenters. The van der Waals surface area contributed by atoms with Crippen molar-refractivity contribution in [2.45, 2.75) is 38.4 Å². The van der Waals surface area contributed by atoms with Crippen LogP contribution in [-0.2, 0) is 15.6 Å². The molecule has 0 atom stereocenters. The maximum atomic E-state index is 11.4. The molecule has 0 spiro atoms. The van der Waals surface area contributed by atoms with Gasteiger partial charge in [-0.3, -0.25) is 0 Å². The average Bonchev–Trinajstić information content (AvgIpc) is 2.29. The number of rotatable bonds is 8. The second kappa shape index (κ2) is 7.38. The second-order valence-corrected chi connectivity index (χ2v) is 6.99. The zero-order valence-electron chi connectivity index (χ0n) is 11.7. The number of ether oxygens (including phenoxy) is 1. The first kappa shape index (κ1) is 15.8. The normalized spacial score (nSPS) is 11.5. The molecule has 4 nitrogen and oxygen atoms in total. The average molecular weight is 285 g/mol. The van der Waals surface area contributed by atoms with Gasteiger partial charge in [-0.1, -0.05) is 26.2 Å². The van der Waals surface area contributed by atoms with E-state index in [4.69, 9.17) is 10.5 Å². The Labute approximate surface area is 115 Å². The SMILES string of the molecule is CCCCCCOc1ccc(N)cc1CS(C)(=O)=O. The van der Waals surface area contributed by atoms with Gasteiger partial charge in [-0.2, -0.15) is 0 Å². The lowest BCUT2D eigenvalue weighted by atomic mass is 10.2. The summed E-state index contributed by atoms with van der Waals surface area (Å²) < 4.78 is 28.4. The van der Waals surface area contributed by atoms with Crippen molar-refractivity contribution in [1.29, 1.82) is 0 Å². The van der Waals surface area contributed by atoms with Crippen molar-refractivity contribution in [3.63, 3.8) is 0 Å². The van der Waals surface area contributed by atoms with Gasteiger partial charge in [-0.25, -0.2) is 8.42 Å². The van der Waals surface area contributed by atoms with Crippen molar-refractivity contribution in [1.82, 2.24) is 0 Å². The molecular formula is C14H23NO3S. The van der Waals surface area contributed by atoms with E-state index in [1.807, 2.05) is 0 Å². The van der Waals surface area contributed by atoms with E-state index in [9.17, 15) is 8.42 Å². The summed E-state index contributed by atoms with van der Waals surface area (Å²) in [5.41, 5.74) is 6.88. The number of nitrogen functional groups attached to an aromatic ring is 1. The van der Waals surface area contributed by atoms with Gasteiger partial charge in [0.15, 0.2) is 9.84 Å². The maximum absolute atomic E-state index is 11.4. The molecule has 5 heteroatoms. The van der Waals surface area contributed by atoms with E-state index in [0.717, 1.165) is 12.8 Å². The minimum Gasteiger partial charge on any atom is -0.493 e. The van der Waals surface area contributed by atoms with Crippen LogP contribution in [0.4, 0.5) is 5.69 Å². The van der Waals surface area contributed by atoms with E-state index in [1.54, 1.807) is 18.2 Å². The number of nitrogens with two attached hydrogens (primary N) is 1. The van der Waals surface area contributed by atoms with Gasteiger partial charge in [0.2, 0.25) is 0 Å². The maximum Gasteiger partial charge on any atom is 0.151 e. The van der Waals surface area contributed by atoms with E-state index < -0.39 is 9.84 Å². The summed E-state index contributed by atoms with van der Waals surface area (Å²) in [6.07, 6.45) is 5.70. The van der Waals surface area contributed by atoms with E-state index in [1.165, 1.54) is 19.1 Å². The Bertz CT molecular complexity index is 497. The predicted octanol–water partition coefficient (Wildman–Crippen LogP) is 2.77. The summed E-state index contributed by atoms with van der Waals surface area (Å²) in [7, 11) is -3.09. The van der Waals surface area contributed by atoms with Crippen LogP contribution >= 0.6 is 0 Å². The third kappa shape index (κ3) is 6.47. The highest BCUT2D eigenvalue weighted by atomic mass is 32.2. The highest BCUT2D eigenvalue weighted by Crippen LogP contribution is 2.23. The smallest absolute Gasteiger partial charge is 0.151 e. The molecule has 0 aliphatic carbocycles. The molecule has 0 bridgehead atoms. The number of unbranched alkanes of at least 4 members (excludes halogenated alkanes) is 3. The summed E-state index contributed by atoms with van der Waals surface area (Å²) >= 11 is 0. The summed E-state index contributed by atoms with van der Waals surface area (Å²) in [5, 5.41) is 0. The predicted molar refractivity (Wildman–Crippen MR) is 79.0 cm³/mol. The van der Waals surface area contributed by atoms with Gasteiger partial charge in [0.05, 0.1) is 12.4 Å². The van der Waals surface area contributed by atoms with E-state index >= 15 is 0 Å². The first-order valence-corrected chi connectivity index (χ1v) is 8.67. The molecule has 1 aromatic rings. The van der Waals surface area contributed by atoms with Gasteiger partial charge in [-0.15, -0.1) is 0 Å². The molecule has 0 radical (unpaired) electrons. The molecule has 0 saturated carbocycles. The Hall–Kier alpha value is -1.23. The zero-order valence-corrected chi connectivity index (χ0v) is 12.5. The van der Waals surface area contributed by atoms with E-state index in [2.05, 4.69) is 6.92 Å². The molecule has 0 aliphatic heterocycles. The van der Waals surface area contributed by atoms with E-state index in [-0.39, 0.29) is 5.75 Å². The number of sulfone groups is 1. The van der Waals surface area contributed by atoms with Gasteiger partial charge < -0.3 is 10.5 Å². The second-order valence-electron chi connectivity index (χ2n) is 4.85. The quantitative estimate of drug-likeness (QED) is 0.589. The lowest BCUT2D eigenvalue weighted by Gasteiger charge is -2.11. The Morgan fingerprint density at radius 2 is 1.95 bits per heavy atom. The van der Waals surface area contributed by atoms with Crippen LogP contribution in [0, 0.1) is 0 Å². The fourth-order valence-electron chi connectivity index (χ4n) is 1.85. The van der Waals surface area contributed by atoms with Crippen molar-refractivity contribution >= 4 is 15.5 Å². The molecule has 0 aliphatic rings. The fraction of sp³-hybridized carbons (Fsp3) is 0.571. The Morgan fingerprint density at radius 3 is 2.58 bits per heavy atom. The van der Waals surface area contributed by atoms with Gasteiger partial charge in [0, 0.05) is 17.5 Å². The van der Waals surface area contributed by atoms with Crippen LogP contribution in [0.25, 0.3) is 0 Å². The van der Waals surface area contributed by atoms with Gasteiger partial charge in [-0.05, 0) is 24.6 Å². The summed E-state index contributed by atoms with van der Waals surface area (Å²) in [4.78, 5) is 0. The molecule has 0 aromatic heterocycles. The molecule has 0 amide bonds. The van der Waals surface area contributed by atoms with Gasteiger partial charge in [0.25, 0.3) is 0 Å². The number of hydrogen-bond acceptors (Lipinski definition) is 4. The van der Waals surface area contributed by atoms with Gasteiger partial charge >= 0.3 is 0 Å². The molecular weight excluding hydrogens is 262 g/mol. The monoisotopic (exact) mass is 285 g/mol. The molecule has 19 heavy (non-hydrogen) atoms. The van der Waals surface area contributed by atoms with Gasteiger partial charge in [0.1, 0.15) is 5.75 Å². The minimum absolute atomic E-state index is 0.0394. The van der Waals surface area contributed by atoms with Crippen LogP contribution < -0.4 is 10.5 Å². The van der Waals surface area contributed by atoms with E-state index in [0.29, 0.717) is 23.6 Å².